The van der Waals surface area contributed by atoms with Crippen LogP contribution >= 0.6 is 0 Å². The summed E-state index contributed by atoms with van der Waals surface area (Å²) < 4.78 is 6.34. The zero-order valence-electron chi connectivity index (χ0n) is 9.17. The van der Waals surface area contributed by atoms with Crippen molar-refractivity contribution in [3.63, 3.8) is 0 Å². The van der Waals surface area contributed by atoms with E-state index in [2.05, 4.69) is 11.9 Å². The van der Waals surface area contributed by atoms with Crippen LogP contribution in [0.25, 0.3) is 0 Å². The standard InChI is InChI=1S/C12H21NO/c1-13-8-6-12(7-9-13)5-4-10-2-3-11(10)14-12/h10-11H,2-9H2,1H3. The smallest absolute Gasteiger partial charge is 0.0710 e. The number of hydrogen-bond acceptors (Lipinski definition) is 2. The molecule has 2 aliphatic heterocycles. The van der Waals surface area contributed by atoms with Gasteiger partial charge in [-0.1, -0.05) is 0 Å². The molecule has 0 bridgehead atoms. The van der Waals surface area contributed by atoms with Crippen LogP contribution in [0.2, 0.25) is 0 Å². The maximum atomic E-state index is 6.34. The summed E-state index contributed by atoms with van der Waals surface area (Å²) in [4.78, 5) is 2.43. The molecular weight excluding hydrogens is 174 g/mol. The van der Waals surface area contributed by atoms with Crippen molar-refractivity contribution in [1.82, 2.24) is 4.90 Å². The highest BCUT2D eigenvalue weighted by atomic mass is 16.5. The highest BCUT2D eigenvalue weighted by Crippen LogP contribution is 2.46. The first kappa shape index (κ1) is 9.17. The Kier molecular flexibility index (Phi) is 2.10. The molecule has 3 fully saturated rings. The summed E-state index contributed by atoms with van der Waals surface area (Å²) in [7, 11) is 2.22. The molecule has 80 valence electrons. The SMILES string of the molecule is CN1CCC2(CCC3CCC3O2)CC1. The van der Waals surface area contributed by atoms with Gasteiger partial charge in [0.15, 0.2) is 0 Å². The number of ether oxygens (including phenoxy) is 1. The fraction of sp³-hybridized carbons (Fsp3) is 1.00. The van der Waals surface area contributed by atoms with Crippen molar-refractivity contribution in [2.75, 3.05) is 20.1 Å². The predicted molar refractivity (Wildman–Crippen MR) is 56.3 cm³/mol. The zero-order valence-corrected chi connectivity index (χ0v) is 9.17. The van der Waals surface area contributed by atoms with Gasteiger partial charge in [0.1, 0.15) is 0 Å². The molecule has 2 unspecified atom stereocenters. The van der Waals surface area contributed by atoms with E-state index in [1.807, 2.05) is 0 Å². The second-order valence-electron chi connectivity index (χ2n) is 5.52. The topological polar surface area (TPSA) is 12.5 Å². The molecule has 1 aliphatic carbocycles. The van der Waals surface area contributed by atoms with Gasteiger partial charge in [-0.05, 0) is 51.5 Å². The monoisotopic (exact) mass is 195 g/mol. The minimum absolute atomic E-state index is 0.300. The molecule has 2 saturated heterocycles. The lowest BCUT2D eigenvalue weighted by Crippen LogP contribution is -2.53. The van der Waals surface area contributed by atoms with Crippen molar-refractivity contribution in [3.8, 4) is 0 Å². The molecule has 3 aliphatic rings. The summed E-state index contributed by atoms with van der Waals surface area (Å²) in [5, 5.41) is 0. The van der Waals surface area contributed by atoms with Crippen LogP contribution in [0.4, 0.5) is 0 Å². The van der Waals surface area contributed by atoms with Gasteiger partial charge in [-0.25, -0.2) is 0 Å². The number of likely N-dealkylation sites (tertiary alicyclic amines) is 1. The van der Waals surface area contributed by atoms with Crippen LogP contribution in [0.3, 0.4) is 0 Å². The molecular formula is C12H21NO. The van der Waals surface area contributed by atoms with Crippen molar-refractivity contribution in [2.24, 2.45) is 5.92 Å². The lowest BCUT2D eigenvalue weighted by atomic mass is 9.71. The first-order valence-electron chi connectivity index (χ1n) is 6.14. The summed E-state index contributed by atoms with van der Waals surface area (Å²) in [6.45, 7) is 2.47. The van der Waals surface area contributed by atoms with Crippen molar-refractivity contribution in [3.05, 3.63) is 0 Å². The third-order valence-electron chi connectivity index (χ3n) is 4.62. The van der Waals surface area contributed by atoms with Gasteiger partial charge in [0.05, 0.1) is 11.7 Å². The van der Waals surface area contributed by atoms with Crippen LogP contribution in [-0.4, -0.2) is 36.7 Å². The van der Waals surface area contributed by atoms with E-state index >= 15 is 0 Å². The molecule has 0 radical (unpaired) electrons. The number of rotatable bonds is 0. The first-order chi connectivity index (χ1) is 6.77. The number of nitrogens with zero attached hydrogens (tertiary/aromatic N) is 1. The first-order valence-corrected chi connectivity index (χ1v) is 6.14. The highest BCUT2D eigenvalue weighted by Gasteiger charge is 2.46. The molecule has 14 heavy (non-hydrogen) atoms. The average Bonchev–Trinajstić information content (AvgIpc) is 2.16. The van der Waals surface area contributed by atoms with Gasteiger partial charge in [-0.3, -0.25) is 0 Å². The lowest BCUT2D eigenvalue weighted by Gasteiger charge is -2.52. The maximum absolute atomic E-state index is 6.34. The van der Waals surface area contributed by atoms with E-state index in [1.165, 1.54) is 51.6 Å². The van der Waals surface area contributed by atoms with E-state index < -0.39 is 0 Å². The molecule has 0 aromatic heterocycles. The second-order valence-corrected chi connectivity index (χ2v) is 5.52. The Bertz CT molecular complexity index is 215. The van der Waals surface area contributed by atoms with Crippen molar-refractivity contribution >= 4 is 0 Å². The second kappa shape index (κ2) is 3.21. The minimum atomic E-state index is 0.300. The fourth-order valence-corrected chi connectivity index (χ4v) is 3.25. The van der Waals surface area contributed by atoms with E-state index in [0.717, 1.165) is 5.92 Å². The zero-order chi connectivity index (χ0) is 9.60. The fourth-order valence-electron chi connectivity index (χ4n) is 3.25. The van der Waals surface area contributed by atoms with Crippen molar-refractivity contribution in [2.45, 2.75) is 50.2 Å². The molecule has 1 spiro atoms. The molecule has 2 atom stereocenters. The van der Waals surface area contributed by atoms with Crippen LogP contribution in [0.15, 0.2) is 0 Å². The molecule has 0 aromatic carbocycles. The molecule has 0 aromatic rings. The Balaban J connectivity index is 1.66. The van der Waals surface area contributed by atoms with Gasteiger partial charge in [-0.2, -0.15) is 0 Å². The Hall–Kier alpha value is -0.0800. The molecule has 2 heterocycles. The van der Waals surface area contributed by atoms with E-state index in [-0.39, 0.29) is 0 Å². The van der Waals surface area contributed by atoms with E-state index in [1.54, 1.807) is 0 Å². The molecule has 1 saturated carbocycles. The van der Waals surface area contributed by atoms with Gasteiger partial charge >= 0.3 is 0 Å². The molecule has 3 rings (SSSR count). The van der Waals surface area contributed by atoms with Crippen LogP contribution in [0, 0.1) is 5.92 Å². The Morgan fingerprint density at radius 1 is 1.07 bits per heavy atom. The van der Waals surface area contributed by atoms with Crippen molar-refractivity contribution in [1.29, 1.82) is 0 Å². The van der Waals surface area contributed by atoms with Gasteiger partial charge in [-0.15, -0.1) is 0 Å². The Labute approximate surface area is 86.6 Å². The number of piperidine rings is 1. The maximum Gasteiger partial charge on any atom is 0.0710 e. The van der Waals surface area contributed by atoms with Crippen LogP contribution < -0.4 is 0 Å². The van der Waals surface area contributed by atoms with E-state index in [0.29, 0.717) is 11.7 Å². The van der Waals surface area contributed by atoms with Crippen LogP contribution in [-0.2, 0) is 4.74 Å². The summed E-state index contributed by atoms with van der Waals surface area (Å²) in [5.41, 5.74) is 0.300. The third-order valence-corrected chi connectivity index (χ3v) is 4.62. The largest absolute Gasteiger partial charge is 0.371 e. The summed E-state index contributed by atoms with van der Waals surface area (Å²) in [6.07, 6.45) is 8.73. The van der Waals surface area contributed by atoms with E-state index in [9.17, 15) is 0 Å². The number of fused-ring (bicyclic) bond motifs is 1. The normalized spacial score (nSPS) is 41.8. The summed E-state index contributed by atoms with van der Waals surface area (Å²) >= 11 is 0. The van der Waals surface area contributed by atoms with Gasteiger partial charge in [0.25, 0.3) is 0 Å². The lowest BCUT2D eigenvalue weighted by molar-refractivity contribution is -0.203. The van der Waals surface area contributed by atoms with Gasteiger partial charge in [0, 0.05) is 13.1 Å². The quantitative estimate of drug-likeness (QED) is 0.586. The number of hydrogen-bond donors (Lipinski definition) is 0. The van der Waals surface area contributed by atoms with Crippen LogP contribution in [0.1, 0.15) is 38.5 Å². The van der Waals surface area contributed by atoms with Crippen molar-refractivity contribution < 1.29 is 4.74 Å². The Morgan fingerprint density at radius 3 is 2.43 bits per heavy atom. The third kappa shape index (κ3) is 1.40. The Morgan fingerprint density at radius 2 is 1.86 bits per heavy atom. The van der Waals surface area contributed by atoms with Gasteiger partial charge < -0.3 is 9.64 Å². The summed E-state index contributed by atoms with van der Waals surface area (Å²) in [5.74, 6) is 0.931. The van der Waals surface area contributed by atoms with Crippen LogP contribution in [0.5, 0.6) is 0 Å². The average molecular weight is 195 g/mol. The van der Waals surface area contributed by atoms with E-state index in [4.69, 9.17) is 4.74 Å². The molecule has 0 amide bonds. The molecule has 0 N–H and O–H groups in total. The highest BCUT2D eigenvalue weighted by molar-refractivity contribution is 4.96. The minimum Gasteiger partial charge on any atom is -0.371 e. The summed E-state index contributed by atoms with van der Waals surface area (Å²) in [6, 6.07) is 0. The molecule has 2 heteroatoms. The molecule has 2 nitrogen and oxygen atoms in total. The predicted octanol–water partition coefficient (Wildman–Crippen LogP) is 2.04. The van der Waals surface area contributed by atoms with Gasteiger partial charge in [0.2, 0.25) is 0 Å².